The van der Waals surface area contributed by atoms with E-state index in [1.165, 1.54) is 12.8 Å². The number of rotatable bonds is 3. The maximum atomic E-state index is 4.22. The van der Waals surface area contributed by atoms with E-state index in [0.29, 0.717) is 6.04 Å². The number of nitrogens with zero attached hydrogens (tertiary/aromatic N) is 3. The first-order chi connectivity index (χ1) is 7.84. The van der Waals surface area contributed by atoms with Gasteiger partial charge in [-0.2, -0.15) is 0 Å². The molecule has 1 fully saturated rings. The first kappa shape index (κ1) is 9.39. The normalized spacial score (nSPS) is 15.1. The summed E-state index contributed by atoms with van der Waals surface area (Å²) < 4.78 is 2.01. The summed E-state index contributed by atoms with van der Waals surface area (Å²) in [7, 11) is 1.99. The quantitative estimate of drug-likeness (QED) is 0.850. The molecule has 4 nitrogen and oxygen atoms in total. The highest BCUT2D eigenvalue weighted by Crippen LogP contribution is 2.25. The second kappa shape index (κ2) is 3.63. The molecule has 4 heteroatoms. The van der Waals surface area contributed by atoms with Gasteiger partial charge in [-0.25, -0.2) is 0 Å². The predicted octanol–water partition coefficient (Wildman–Crippen LogP) is 2.06. The van der Waals surface area contributed by atoms with Gasteiger partial charge in [-0.15, -0.1) is 10.2 Å². The maximum absolute atomic E-state index is 4.22. The van der Waals surface area contributed by atoms with Gasteiger partial charge < -0.3 is 5.32 Å². The van der Waals surface area contributed by atoms with Crippen LogP contribution in [0.3, 0.4) is 0 Å². The smallest absolute Gasteiger partial charge is 0.224 e. The van der Waals surface area contributed by atoms with Gasteiger partial charge in [0.05, 0.1) is 0 Å². The standard InChI is InChI=1S/C12H14N4/c1-16-11(9-5-3-2-4-6-9)14-15-12(16)13-10-7-8-10/h2-6,10H,7-8H2,1H3,(H,13,15). The Morgan fingerprint density at radius 3 is 2.62 bits per heavy atom. The number of hydrogen-bond donors (Lipinski definition) is 1. The molecule has 0 spiro atoms. The van der Waals surface area contributed by atoms with Crippen molar-refractivity contribution in [1.29, 1.82) is 0 Å². The Hall–Kier alpha value is -1.84. The summed E-state index contributed by atoms with van der Waals surface area (Å²) >= 11 is 0. The third kappa shape index (κ3) is 1.66. The molecule has 16 heavy (non-hydrogen) atoms. The van der Waals surface area contributed by atoms with E-state index in [4.69, 9.17) is 0 Å². The maximum Gasteiger partial charge on any atom is 0.224 e. The van der Waals surface area contributed by atoms with Gasteiger partial charge in [0.25, 0.3) is 0 Å². The highest BCUT2D eigenvalue weighted by atomic mass is 15.3. The van der Waals surface area contributed by atoms with Gasteiger partial charge >= 0.3 is 0 Å². The zero-order valence-corrected chi connectivity index (χ0v) is 9.22. The van der Waals surface area contributed by atoms with E-state index in [2.05, 4.69) is 15.5 Å². The molecule has 1 N–H and O–H groups in total. The van der Waals surface area contributed by atoms with E-state index < -0.39 is 0 Å². The molecular formula is C12H14N4. The Morgan fingerprint density at radius 2 is 1.94 bits per heavy atom. The van der Waals surface area contributed by atoms with Crippen LogP contribution in [0.1, 0.15) is 12.8 Å². The first-order valence-corrected chi connectivity index (χ1v) is 5.56. The zero-order valence-electron chi connectivity index (χ0n) is 9.22. The van der Waals surface area contributed by atoms with Crippen LogP contribution in [-0.2, 0) is 7.05 Å². The van der Waals surface area contributed by atoms with Crippen molar-refractivity contribution in [3.05, 3.63) is 30.3 Å². The average Bonchev–Trinajstić information content (AvgIpc) is 3.06. The van der Waals surface area contributed by atoms with Crippen LogP contribution in [0.5, 0.6) is 0 Å². The topological polar surface area (TPSA) is 42.7 Å². The summed E-state index contributed by atoms with van der Waals surface area (Å²) in [6.07, 6.45) is 2.49. The molecule has 0 amide bonds. The van der Waals surface area contributed by atoms with Gasteiger partial charge in [0.1, 0.15) is 0 Å². The van der Waals surface area contributed by atoms with Crippen LogP contribution in [0.4, 0.5) is 5.95 Å². The van der Waals surface area contributed by atoms with Gasteiger partial charge in [0.15, 0.2) is 5.82 Å². The van der Waals surface area contributed by atoms with E-state index in [1.807, 2.05) is 41.9 Å². The SMILES string of the molecule is Cn1c(NC2CC2)nnc1-c1ccccc1. The molecule has 1 aliphatic carbocycles. The van der Waals surface area contributed by atoms with E-state index in [1.54, 1.807) is 0 Å². The predicted molar refractivity (Wildman–Crippen MR) is 63.1 cm³/mol. The molecule has 0 radical (unpaired) electrons. The van der Waals surface area contributed by atoms with Crippen LogP contribution in [-0.4, -0.2) is 20.8 Å². The molecule has 2 aromatic rings. The summed E-state index contributed by atoms with van der Waals surface area (Å²) in [6, 6.07) is 10.7. The lowest BCUT2D eigenvalue weighted by Crippen LogP contribution is -2.07. The zero-order chi connectivity index (χ0) is 11.0. The lowest BCUT2D eigenvalue weighted by molar-refractivity contribution is 0.905. The van der Waals surface area contributed by atoms with Crippen molar-refractivity contribution in [2.24, 2.45) is 7.05 Å². The molecule has 0 saturated heterocycles. The first-order valence-electron chi connectivity index (χ1n) is 5.56. The molecule has 1 saturated carbocycles. The minimum absolute atomic E-state index is 0.603. The summed E-state index contributed by atoms with van der Waals surface area (Å²) in [6.45, 7) is 0. The lowest BCUT2D eigenvalue weighted by atomic mass is 10.2. The van der Waals surface area contributed by atoms with Gasteiger partial charge in [-0.3, -0.25) is 4.57 Å². The molecule has 3 rings (SSSR count). The fourth-order valence-corrected chi connectivity index (χ4v) is 1.70. The summed E-state index contributed by atoms with van der Waals surface area (Å²) in [4.78, 5) is 0. The molecule has 82 valence electrons. The number of aromatic nitrogens is 3. The van der Waals surface area contributed by atoms with Crippen molar-refractivity contribution in [3.63, 3.8) is 0 Å². The van der Waals surface area contributed by atoms with Crippen LogP contribution in [0.2, 0.25) is 0 Å². The van der Waals surface area contributed by atoms with Crippen molar-refractivity contribution in [2.45, 2.75) is 18.9 Å². The number of benzene rings is 1. The van der Waals surface area contributed by atoms with Crippen LogP contribution in [0, 0.1) is 0 Å². The van der Waals surface area contributed by atoms with Crippen LogP contribution >= 0.6 is 0 Å². The molecule has 1 aromatic carbocycles. The Labute approximate surface area is 94.3 Å². The lowest BCUT2D eigenvalue weighted by Gasteiger charge is -2.04. The minimum atomic E-state index is 0.603. The fraction of sp³-hybridized carbons (Fsp3) is 0.333. The third-order valence-electron chi connectivity index (χ3n) is 2.82. The van der Waals surface area contributed by atoms with Crippen molar-refractivity contribution in [2.75, 3.05) is 5.32 Å². The van der Waals surface area contributed by atoms with E-state index in [-0.39, 0.29) is 0 Å². The second-order valence-corrected chi connectivity index (χ2v) is 4.19. The molecule has 1 aromatic heterocycles. The summed E-state index contributed by atoms with van der Waals surface area (Å²) in [5, 5.41) is 11.8. The highest BCUT2D eigenvalue weighted by molar-refractivity contribution is 5.57. The van der Waals surface area contributed by atoms with Gasteiger partial charge in [-0.1, -0.05) is 30.3 Å². The molecule has 1 aliphatic rings. The van der Waals surface area contributed by atoms with E-state index in [9.17, 15) is 0 Å². The Morgan fingerprint density at radius 1 is 1.19 bits per heavy atom. The molecule has 0 atom stereocenters. The minimum Gasteiger partial charge on any atom is -0.352 e. The van der Waals surface area contributed by atoms with Crippen molar-refractivity contribution >= 4 is 5.95 Å². The Balaban J connectivity index is 1.93. The number of anilines is 1. The van der Waals surface area contributed by atoms with Crippen molar-refractivity contribution in [3.8, 4) is 11.4 Å². The average molecular weight is 214 g/mol. The molecule has 0 aliphatic heterocycles. The number of hydrogen-bond acceptors (Lipinski definition) is 3. The van der Waals surface area contributed by atoms with Gasteiger partial charge in [0, 0.05) is 18.7 Å². The number of nitrogens with one attached hydrogen (secondary N) is 1. The van der Waals surface area contributed by atoms with Crippen molar-refractivity contribution in [1.82, 2.24) is 14.8 Å². The highest BCUT2D eigenvalue weighted by Gasteiger charge is 2.23. The van der Waals surface area contributed by atoms with E-state index in [0.717, 1.165) is 17.3 Å². The van der Waals surface area contributed by atoms with Crippen LogP contribution in [0.25, 0.3) is 11.4 Å². The van der Waals surface area contributed by atoms with Crippen molar-refractivity contribution < 1.29 is 0 Å². The third-order valence-corrected chi connectivity index (χ3v) is 2.82. The molecule has 0 unspecified atom stereocenters. The fourth-order valence-electron chi connectivity index (χ4n) is 1.70. The monoisotopic (exact) mass is 214 g/mol. The molecular weight excluding hydrogens is 200 g/mol. The second-order valence-electron chi connectivity index (χ2n) is 4.19. The summed E-state index contributed by atoms with van der Waals surface area (Å²) in [5.74, 6) is 1.77. The van der Waals surface area contributed by atoms with Gasteiger partial charge in [-0.05, 0) is 12.8 Å². The Kier molecular flexibility index (Phi) is 2.13. The van der Waals surface area contributed by atoms with Gasteiger partial charge in [0.2, 0.25) is 5.95 Å². The largest absolute Gasteiger partial charge is 0.352 e. The van der Waals surface area contributed by atoms with E-state index >= 15 is 0 Å². The van der Waals surface area contributed by atoms with Crippen LogP contribution < -0.4 is 5.32 Å². The summed E-state index contributed by atoms with van der Waals surface area (Å²) in [5.41, 5.74) is 1.10. The molecule has 1 heterocycles. The Bertz CT molecular complexity index is 485. The van der Waals surface area contributed by atoms with Crippen LogP contribution in [0.15, 0.2) is 30.3 Å². The molecule has 0 bridgehead atoms.